The molecular weight excluding hydrogens is 198 g/mol. The van der Waals surface area contributed by atoms with Crippen molar-refractivity contribution in [3.05, 3.63) is 0 Å². The van der Waals surface area contributed by atoms with Gasteiger partial charge in [-0.05, 0) is 38.6 Å². The minimum atomic E-state index is 0.271. The molecule has 0 radical (unpaired) electrons. The summed E-state index contributed by atoms with van der Waals surface area (Å²) in [6.45, 7) is 3.43. The maximum Gasteiger partial charge on any atom is 0.149 e. The van der Waals surface area contributed by atoms with Crippen molar-refractivity contribution in [3.63, 3.8) is 0 Å². The molecule has 0 aromatic rings. The number of hydrogen-bond acceptors (Lipinski definition) is 2. The highest BCUT2D eigenvalue weighted by Gasteiger charge is 2.32. The Bertz CT molecular complexity index is 239. The second kappa shape index (κ2) is 5.81. The predicted molar refractivity (Wildman–Crippen MR) is 66.5 cm³/mol. The molecule has 1 aliphatic carbocycles. The SMILES string of the molecule is CCC1CCCCN1C1CCCCCC1=O. The summed E-state index contributed by atoms with van der Waals surface area (Å²) in [6, 6.07) is 0.952. The minimum absolute atomic E-state index is 0.271. The molecule has 0 bridgehead atoms. The molecule has 1 saturated heterocycles. The van der Waals surface area contributed by atoms with E-state index in [2.05, 4.69) is 11.8 Å². The molecule has 1 saturated carbocycles. The normalized spacial score (nSPS) is 33.7. The zero-order chi connectivity index (χ0) is 11.4. The molecule has 1 heterocycles. The van der Waals surface area contributed by atoms with Crippen LogP contribution in [0.25, 0.3) is 0 Å². The van der Waals surface area contributed by atoms with Crippen molar-refractivity contribution in [2.24, 2.45) is 0 Å². The highest BCUT2D eigenvalue weighted by molar-refractivity contribution is 5.84. The zero-order valence-corrected chi connectivity index (χ0v) is 10.6. The summed E-state index contributed by atoms with van der Waals surface area (Å²) in [4.78, 5) is 14.7. The van der Waals surface area contributed by atoms with Gasteiger partial charge in [0.2, 0.25) is 0 Å². The number of hydrogen-bond donors (Lipinski definition) is 0. The summed E-state index contributed by atoms with van der Waals surface area (Å²) < 4.78 is 0. The smallest absolute Gasteiger partial charge is 0.149 e. The third-order valence-electron chi connectivity index (χ3n) is 4.32. The monoisotopic (exact) mass is 223 g/mol. The molecule has 2 unspecified atom stereocenters. The van der Waals surface area contributed by atoms with Crippen molar-refractivity contribution in [2.45, 2.75) is 76.8 Å². The maximum atomic E-state index is 12.1. The molecule has 0 amide bonds. The molecule has 0 N–H and O–H groups in total. The summed E-state index contributed by atoms with van der Waals surface area (Å²) in [5.41, 5.74) is 0. The Morgan fingerprint density at radius 3 is 2.75 bits per heavy atom. The molecule has 1 aliphatic heterocycles. The Balaban J connectivity index is 2.04. The number of carbonyl (C=O) groups excluding carboxylic acids is 1. The van der Waals surface area contributed by atoms with E-state index in [9.17, 15) is 4.79 Å². The molecule has 2 heteroatoms. The van der Waals surface area contributed by atoms with Crippen molar-refractivity contribution in [3.8, 4) is 0 Å². The van der Waals surface area contributed by atoms with E-state index in [0.717, 1.165) is 25.8 Å². The summed E-state index contributed by atoms with van der Waals surface area (Å²) in [5.74, 6) is 0.526. The molecule has 2 rings (SSSR count). The van der Waals surface area contributed by atoms with Gasteiger partial charge in [0.05, 0.1) is 6.04 Å². The predicted octanol–water partition coefficient (Wildman–Crippen LogP) is 3.15. The van der Waals surface area contributed by atoms with E-state index in [1.54, 1.807) is 0 Å². The van der Waals surface area contributed by atoms with E-state index in [1.807, 2.05) is 0 Å². The zero-order valence-electron chi connectivity index (χ0n) is 10.6. The molecule has 0 aromatic carbocycles. The average molecular weight is 223 g/mol. The lowest BCUT2D eigenvalue weighted by Crippen LogP contribution is -2.49. The topological polar surface area (TPSA) is 20.3 Å². The maximum absolute atomic E-state index is 12.1. The lowest BCUT2D eigenvalue weighted by Gasteiger charge is -2.40. The average Bonchev–Trinajstić information content (AvgIpc) is 2.54. The number of Topliss-reactive ketones (excluding diaryl/α,β-unsaturated/α-hetero) is 1. The Labute approximate surface area is 99.4 Å². The minimum Gasteiger partial charge on any atom is -0.298 e. The summed E-state index contributed by atoms with van der Waals surface area (Å²) in [6.07, 6.45) is 10.8. The second-order valence-electron chi connectivity index (χ2n) is 5.38. The molecule has 2 aliphatic rings. The Kier molecular flexibility index (Phi) is 4.39. The van der Waals surface area contributed by atoms with Gasteiger partial charge in [-0.3, -0.25) is 9.69 Å². The molecular formula is C14H25NO. The van der Waals surface area contributed by atoms with Crippen molar-refractivity contribution in [1.29, 1.82) is 0 Å². The van der Waals surface area contributed by atoms with Crippen molar-refractivity contribution in [2.75, 3.05) is 6.54 Å². The first kappa shape index (κ1) is 12.1. The lowest BCUT2D eigenvalue weighted by atomic mass is 9.94. The number of ketones is 1. The van der Waals surface area contributed by atoms with Gasteiger partial charge in [-0.25, -0.2) is 0 Å². The summed E-state index contributed by atoms with van der Waals surface area (Å²) >= 11 is 0. The number of rotatable bonds is 2. The Morgan fingerprint density at radius 1 is 1.12 bits per heavy atom. The number of piperidine rings is 1. The molecule has 2 atom stereocenters. The van der Waals surface area contributed by atoms with Crippen molar-refractivity contribution in [1.82, 2.24) is 4.90 Å². The molecule has 2 fully saturated rings. The lowest BCUT2D eigenvalue weighted by molar-refractivity contribution is -0.125. The van der Waals surface area contributed by atoms with Crippen LogP contribution in [0, 0.1) is 0 Å². The van der Waals surface area contributed by atoms with Crippen LogP contribution in [0.3, 0.4) is 0 Å². The van der Waals surface area contributed by atoms with E-state index in [-0.39, 0.29) is 6.04 Å². The fourth-order valence-electron chi connectivity index (χ4n) is 3.36. The van der Waals surface area contributed by atoms with Crippen molar-refractivity contribution < 1.29 is 4.79 Å². The van der Waals surface area contributed by atoms with E-state index in [4.69, 9.17) is 0 Å². The van der Waals surface area contributed by atoms with E-state index in [0.29, 0.717) is 11.8 Å². The number of nitrogens with zero attached hydrogens (tertiary/aromatic N) is 1. The van der Waals surface area contributed by atoms with Gasteiger partial charge >= 0.3 is 0 Å². The second-order valence-corrected chi connectivity index (χ2v) is 5.38. The largest absolute Gasteiger partial charge is 0.298 e. The van der Waals surface area contributed by atoms with Crippen LogP contribution in [0.5, 0.6) is 0 Å². The first-order valence-corrected chi connectivity index (χ1v) is 7.11. The quantitative estimate of drug-likeness (QED) is 0.670. The van der Waals surface area contributed by atoms with Crippen LogP contribution < -0.4 is 0 Å². The van der Waals surface area contributed by atoms with E-state index in [1.165, 1.54) is 38.5 Å². The molecule has 16 heavy (non-hydrogen) atoms. The van der Waals surface area contributed by atoms with Crippen molar-refractivity contribution >= 4 is 5.78 Å². The van der Waals surface area contributed by atoms with Gasteiger partial charge in [-0.15, -0.1) is 0 Å². The fraction of sp³-hybridized carbons (Fsp3) is 0.929. The van der Waals surface area contributed by atoms with Gasteiger partial charge in [-0.2, -0.15) is 0 Å². The van der Waals surface area contributed by atoms with Crippen LogP contribution in [-0.4, -0.2) is 29.3 Å². The Hall–Kier alpha value is -0.370. The van der Waals surface area contributed by atoms with Crippen LogP contribution >= 0.6 is 0 Å². The third kappa shape index (κ3) is 2.65. The van der Waals surface area contributed by atoms with Gasteiger partial charge in [0.1, 0.15) is 5.78 Å². The Morgan fingerprint density at radius 2 is 1.94 bits per heavy atom. The first-order chi connectivity index (χ1) is 7.83. The van der Waals surface area contributed by atoms with Gasteiger partial charge in [-0.1, -0.05) is 26.2 Å². The number of likely N-dealkylation sites (tertiary alicyclic amines) is 1. The first-order valence-electron chi connectivity index (χ1n) is 7.11. The van der Waals surface area contributed by atoms with Crippen LogP contribution in [0.15, 0.2) is 0 Å². The van der Waals surface area contributed by atoms with Crippen LogP contribution in [-0.2, 0) is 4.79 Å². The van der Waals surface area contributed by atoms with Crippen LogP contribution in [0.4, 0.5) is 0 Å². The fourth-order valence-corrected chi connectivity index (χ4v) is 3.36. The number of carbonyl (C=O) groups is 1. The molecule has 2 nitrogen and oxygen atoms in total. The van der Waals surface area contributed by atoms with Gasteiger partial charge in [0.15, 0.2) is 0 Å². The summed E-state index contributed by atoms with van der Waals surface area (Å²) in [7, 11) is 0. The van der Waals surface area contributed by atoms with Gasteiger partial charge in [0, 0.05) is 12.5 Å². The van der Waals surface area contributed by atoms with Gasteiger partial charge < -0.3 is 0 Å². The standard InChI is InChI=1S/C14H25NO/c1-2-12-8-6-7-11-15(12)13-9-4-3-5-10-14(13)16/h12-13H,2-11H2,1H3. The van der Waals surface area contributed by atoms with Gasteiger partial charge in [0.25, 0.3) is 0 Å². The van der Waals surface area contributed by atoms with Crippen LogP contribution in [0.1, 0.15) is 64.7 Å². The molecule has 92 valence electrons. The summed E-state index contributed by atoms with van der Waals surface area (Å²) in [5, 5.41) is 0. The highest BCUT2D eigenvalue weighted by atomic mass is 16.1. The van der Waals surface area contributed by atoms with E-state index >= 15 is 0 Å². The molecule has 0 spiro atoms. The third-order valence-corrected chi connectivity index (χ3v) is 4.32. The highest BCUT2D eigenvalue weighted by Crippen LogP contribution is 2.27. The van der Waals surface area contributed by atoms with E-state index < -0.39 is 0 Å². The van der Waals surface area contributed by atoms with Crippen LogP contribution in [0.2, 0.25) is 0 Å². The molecule has 0 aromatic heterocycles.